The number of benzene rings is 2. The summed E-state index contributed by atoms with van der Waals surface area (Å²) in [5.41, 5.74) is 7.28. The molecule has 0 radical (unpaired) electrons. The summed E-state index contributed by atoms with van der Waals surface area (Å²) in [7, 11) is 0. The van der Waals surface area contributed by atoms with Crippen molar-refractivity contribution < 1.29 is 33.9 Å². The second kappa shape index (κ2) is 27.8. The number of hydrogen-bond acceptors (Lipinski definition) is 6. The molecule has 316 valence electrons. The maximum atomic E-state index is 13.2. The Kier molecular flexibility index (Phi) is 23.6. The molecule has 7 N–H and O–H groups in total. The molecule has 0 aromatic heterocycles. The molecule has 0 saturated carbocycles. The number of nitrogens with two attached hydrogens (primary N) is 1. The second-order valence-electron chi connectivity index (χ2n) is 15.7. The van der Waals surface area contributed by atoms with Crippen LogP contribution in [0.15, 0.2) is 60.7 Å². The summed E-state index contributed by atoms with van der Waals surface area (Å²) in [6, 6.07) is 15.0. The van der Waals surface area contributed by atoms with E-state index in [0.717, 1.165) is 88.2 Å². The normalized spacial score (nSPS) is 13.8. The zero-order valence-electron chi connectivity index (χ0n) is 34.7. The van der Waals surface area contributed by atoms with Crippen LogP contribution in [0.2, 0.25) is 0 Å². The molecule has 12 heteroatoms. The van der Waals surface area contributed by atoms with Crippen molar-refractivity contribution in [3.8, 4) is 0 Å². The minimum atomic E-state index is -1.12. The number of hydrogen-bond donors (Lipinski definition) is 6. The first-order chi connectivity index (χ1) is 27.3. The van der Waals surface area contributed by atoms with Crippen LogP contribution in [0.1, 0.15) is 135 Å². The van der Waals surface area contributed by atoms with Gasteiger partial charge in [-0.3, -0.25) is 24.0 Å². The molecule has 12 nitrogen and oxygen atoms in total. The Morgan fingerprint density at radius 2 is 0.912 bits per heavy atom. The van der Waals surface area contributed by atoms with Gasteiger partial charge in [0.15, 0.2) is 0 Å². The van der Waals surface area contributed by atoms with E-state index in [1.807, 2.05) is 88.4 Å². The number of rotatable bonds is 30. The smallest absolute Gasteiger partial charge is 0.326 e. The highest BCUT2D eigenvalue weighted by atomic mass is 16.4. The summed E-state index contributed by atoms with van der Waals surface area (Å²) in [5, 5.41) is 20.7. The van der Waals surface area contributed by atoms with Gasteiger partial charge in [0.2, 0.25) is 29.5 Å². The molecule has 2 aromatic rings. The number of carbonyl (C=O) groups is 6. The summed E-state index contributed by atoms with van der Waals surface area (Å²) in [5.74, 6) is -3.29. The quantitative estimate of drug-likeness (QED) is 0.0511. The number of carboxylic acid groups (broad SMARTS) is 1. The maximum Gasteiger partial charge on any atom is 0.326 e. The monoisotopic (exact) mass is 792 g/mol. The number of primary amides is 1. The van der Waals surface area contributed by atoms with Crippen LogP contribution in [-0.4, -0.2) is 64.8 Å². The zero-order chi connectivity index (χ0) is 42.0. The van der Waals surface area contributed by atoms with Gasteiger partial charge in [0.05, 0.1) is 0 Å². The molecule has 0 saturated heterocycles. The van der Waals surface area contributed by atoms with Crippen LogP contribution in [0.4, 0.5) is 0 Å². The molecule has 57 heavy (non-hydrogen) atoms. The highest BCUT2D eigenvalue weighted by Gasteiger charge is 2.30. The lowest BCUT2D eigenvalue weighted by molar-refractivity contribution is -0.142. The molecule has 0 bridgehead atoms. The lowest BCUT2D eigenvalue weighted by Crippen LogP contribution is -2.55. The van der Waals surface area contributed by atoms with E-state index in [4.69, 9.17) is 5.73 Å². The van der Waals surface area contributed by atoms with Gasteiger partial charge < -0.3 is 32.1 Å². The molecule has 2 rings (SSSR count). The third-order valence-corrected chi connectivity index (χ3v) is 10.5. The van der Waals surface area contributed by atoms with E-state index >= 15 is 0 Å². The predicted molar refractivity (Wildman–Crippen MR) is 224 cm³/mol. The van der Waals surface area contributed by atoms with Gasteiger partial charge in [0.25, 0.3) is 0 Å². The average Bonchev–Trinajstić information content (AvgIpc) is 3.18. The molecule has 5 amide bonds. The number of nitrogens with one attached hydrogen (secondary N) is 4. The molecule has 0 heterocycles. The van der Waals surface area contributed by atoms with Crippen molar-refractivity contribution in [2.45, 2.75) is 161 Å². The molecule has 0 unspecified atom stereocenters. The number of unbranched alkanes of at least 4 members (excludes halogenated alkanes) is 11. The first kappa shape index (κ1) is 48.4. The number of carbonyl (C=O) groups excluding carboxylic acids is 5. The number of carboxylic acids is 1. The number of aliphatic carboxylic acids is 1. The molecule has 2 aromatic carbocycles. The van der Waals surface area contributed by atoms with E-state index in [1.54, 1.807) is 0 Å². The third kappa shape index (κ3) is 20.3. The average molecular weight is 792 g/mol. The molecule has 5 atom stereocenters. The maximum absolute atomic E-state index is 13.2. The van der Waals surface area contributed by atoms with Gasteiger partial charge in [0, 0.05) is 25.7 Å². The van der Waals surface area contributed by atoms with Crippen molar-refractivity contribution in [3.63, 3.8) is 0 Å². The highest BCUT2D eigenvalue weighted by molar-refractivity contribution is 5.92. The van der Waals surface area contributed by atoms with Gasteiger partial charge in [-0.1, -0.05) is 159 Å². The van der Waals surface area contributed by atoms with Crippen molar-refractivity contribution in [1.29, 1.82) is 0 Å². The van der Waals surface area contributed by atoms with Crippen molar-refractivity contribution in [2.24, 2.45) is 17.6 Å². The molecule has 0 fully saturated rings. The summed E-state index contributed by atoms with van der Waals surface area (Å²) < 4.78 is 0. The fourth-order valence-electron chi connectivity index (χ4n) is 6.71. The van der Waals surface area contributed by atoms with Crippen LogP contribution in [0.5, 0.6) is 0 Å². The first-order valence-corrected chi connectivity index (χ1v) is 21.1. The van der Waals surface area contributed by atoms with Crippen molar-refractivity contribution in [3.05, 3.63) is 71.8 Å². The van der Waals surface area contributed by atoms with E-state index in [-0.39, 0.29) is 36.5 Å². The van der Waals surface area contributed by atoms with Gasteiger partial charge >= 0.3 is 5.97 Å². The third-order valence-electron chi connectivity index (χ3n) is 10.5. The fraction of sp³-hybridized carbons (Fsp3) is 0.600. The van der Waals surface area contributed by atoms with Crippen molar-refractivity contribution >= 4 is 35.5 Å². The Morgan fingerprint density at radius 3 is 1.30 bits per heavy atom. The Bertz CT molecular complexity index is 1500. The van der Waals surface area contributed by atoms with Crippen LogP contribution in [0, 0.1) is 11.8 Å². The van der Waals surface area contributed by atoms with Crippen LogP contribution < -0.4 is 27.0 Å². The van der Waals surface area contributed by atoms with Crippen LogP contribution in [-0.2, 0) is 41.6 Å². The standard InChI is InChI=1S/C45H69N5O7/c1-5-33(4)41(44(55)47-36(42(46)53)30-34-24-18-16-19-25-34)50-39(52)29-23-15-13-11-9-7-6-8-10-12-14-22-28-38(51)49-40(32(2)3)43(54)48-37(45(56)57)31-35-26-20-17-21-27-35/h16-21,24-27,32-33,36-37,40-41H,5-15,22-23,28-31H2,1-4H3,(H2,46,53)(H,47,55)(H,48,54)(H,49,51)(H,50,52)(H,56,57)/t33-,36-,37-,40-,41-/m0/s1. The lowest BCUT2D eigenvalue weighted by atomic mass is 9.97. The lowest BCUT2D eigenvalue weighted by Gasteiger charge is -2.26. The summed E-state index contributed by atoms with van der Waals surface area (Å²) >= 11 is 0. The topological polar surface area (TPSA) is 197 Å². The molecule has 0 aliphatic carbocycles. The molecule has 0 aliphatic rings. The van der Waals surface area contributed by atoms with Crippen molar-refractivity contribution in [1.82, 2.24) is 21.3 Å². The predicted octanol–water partition coefficient (Wildman–Crippen LogP) is 6.14. The summed E-state index contributed by atoms with van der Waals surface area (Å²) in [6.45, 7) is 7.52. The number of amides is 5. The van der Waals surface area contributed by atoms with Gasteiger partial charge in [-0.05, 0) is 35.8 Å². The van der Waals surface area contributed by atoms with Crippen LogP contribution in [0.25, 0.3) is 0 Å². The van der Waals surface area contributed by atoms with E-state index < -0.39 is 47.9 Å². The molecular formula is C45H69N5O7. The van der Waals surface area contributed by atoms with E-state index in [1.165, 1.54) is 0 Å². The molecular weight excluding hydrogens is 723 g/mol. The highest BCUT2D eigenvalue weighted by Crippen LogP contribution is 2.15. The van der Waals surface area contributed by atoms with Gasteiger partial charge in [0.1, 0.15) is 24.2 Å². The van der Waals surface area contributed by atoms with Gasteiger partial charge in [-0.25, -0.2) is 4.79 Å². The summed E-state index contributed by atoms with van der Waals surface area (Å²) in [4.78, 5) is 75.5. The van der Waals surface area contributed by atoms with Crippen LogP contribution in [0.3, 0.4) is 0 Å². The van der Waals surface area contributed by atoms with Crippen LogP contribution >= 0.6 is 0 Å². The van der Waals surface area contributed by atoms with Crippen molar-refractivity contribution in [2.75, 3.05) is 0 Å². The zero-order valence-corrected chi connectivity index (χ0v) is 34.7. The fourth-order valence-corrected chi connectivity index (χ4v) is 6.71. The Balaban J connectivity index is 1.54. The van der Waals surface area contributed by atoms with E-state index in [9.17, 15) is 33.9 Å². The minimum absolute atomic E-state index is 0.108. The Labute approximate surface area is 340 Å². The largest absolute Gasteiger partial charge is 0.480 e. The first-order valence-electron chi connectivity index (χ1n) is 21.1. The second-order valence-corrected chi connectivity index (χ2v) is 15.7. The Morgan fingerprint density at radius 1 is 0.544 bits per heavy atom. The SMILES string of the molecule is CC[C@H](C)[C@H](NC(=O)CCCCCCCCCCCCCCC(=O)N[C@H](C(=O)N[C@@H](Cc1ccccc1)C(=O)O)C(C)C)C(=O)N[C@@H](Cc1ccccc1)C(N)=O. The van der Waals surface area contributed by atoms with E-state index in [0.29, 0.717) is 19.3 Å². The molecule has 0 spiro atoms. The minimum Gasteiger partial charge on any atom is -0.480 e. The van der Waals surface area contributed by atoms with E-state index in [2.05, 4.69) is 21.3 Å². The molecule has 0 aliphatic heterocycles. The van der Waals surface area contributed by atoms with Gasteiger partial charge in [-0.15, -0.1) is 0 Å². The summed E-state index contributed by atoms with van der Waals surface area (Å²) in [6.07, 6.45) is 14.1. The van der Waals surface area contributed by atoms with Gasteiger partial charge in [-0.2, -0.15) is 0 Å². The Hall–Kier alpha value is -4.74.